The lowest BCUT2D eigenvalue weighted by atomic mass is 9.63. The molecule has 6 rings (SSSR count). The average molecular weight is 691 g/mol. The van der Waals surface area contributed by atoms with Gasteiger partial charge >= 0.3 is 17.9 Å². The Balaban J connectivity index is 1.77. The quantitative estimate of drug-likeness (QED) is 0.176. The second-order valence-corrected chi connectivity index (χ2v) is 13.3. The summed E-state index contributed by atoms with van der Waals surface area (Å²) in [7, 11) is 0. The van der Waals surface area contributed by atoms with Gasteiger partial charge in [0, 0.05) is 51.8 Å². The van der Waals surface area contributed by atoms with Crippen LogP contribution in [0.3, 0.4) is 0 Å². The number of H-pyrrole nitrogens is 2. The monoisotopic (exact) mass is 690 g/mol. The topological polar surface area (TPSA) is 207 Å². The minimum Gasteiger partial charge on any atom is -0.481 e. The van der Waals surface area contributed by atoms with Crippen LogP contribution in [0.2, 0.25) is 0 Å². The summed E-state index contributed by atoms with van der Waals surface area (Å²) in [5.74, 6) is -5.14. The number of allylic oxidation sites excluding steroid dienone is 8. The van der Waals surface area contributed by atoms with Crippen LogP contribution in [-0.2, 0) is 31.0 Å². The number of nitrogens with zero attached hydrogens (tertiary/aromatic N) is 2. The number of aryl methyl sites for hydroxylation is 2. The number of aromatic nitrogens is 4. The molecular weight excluding hydrogens is 652 g/mol. The van der Waals surface area contributed by atoms with Crippen molar-refractivity contribution in [2.45, 2.75) is 58.8 Å². The molecule has 4 aliphatic rings. The summed E-state index contributed by atoms with van der Waals surface area (Å²) in [6.45, 7) is 10.6. The maximum Gasteiger partial charge on any atom is 0.332 e. The third-order valence-corrected chi connectivity index (χ3v) is 10.4. The highest BCUT2D eigenvalue weighted by Crippen LogP contribution is 2.52. The molecule has 5 heterocycles. The van der Waals surface area contributed by atoms with Gasteiger partial charge in [-0.15, -0.1) is 0 Å². The van der Waals surface area contributed by atoms with Crippen LogP contribution in [0.25, 0.3) is 38.9 Å². The molecule has 0 radical (unpaired) electrons. The van der Waals surface area contributed by atoms with Crippen molar-refractivity contribution in [1.82, 2.24) is 19.9 Å². The van der Waals surface area contributed by atoms with Crippen LogP contribution in [0, 0.1) is 12.8 Å². The maximum absolute atomic E-state index is 13.5. The second-order valence-electron chi connectivity index (χ2n) is 13.3. The number of carbonyl (C=O) groups excluding carboxylic acids is 1. The largest absolute Gasteiger partial charge is 0.481 e. The third-order valence-electron chi connectivity index (χ3n) is 10.4. The van der Waals surface area contributed by atoms with Crippen LogP contribution in [0.1, 0.15) is 85.3 Å². The van der Waals surface area contributed by atoms with Crippen molar-refractivity contribution in [2.24, 2.45) is 5.92 Å². The number of rotatable bonds is 10. The van der Waals surface area contributed by atoms with E-state index >= 15 is 0 Å². The Morgan fingerprint density at radius 3 is 2.14 bits per heavy atom. The molecule has 2 atom stereocenters. The fourth-order valence-corrected chi connectivity index (χ4v) is 7.60. The smallest absolute Gasteiger partial charge is 0.332 e. The number of ketones is 1. The van der Waals surface area contributed by atoms with Crippen molar-refractivity contribution < 1.29 is 39.6 Å². The molecule has 8 bridgehead atoms. The SMILES string of the molecule is C=CC1=C(C)c2cc3[nH]c(cc4nc(cc5[nH]c(cc1n2)c(C)c5CCC(=O)O)C(CCC(=O)O)=C4C)[C@@]1(C)C3=CC=C(C(=O)O)C1C(=O)CO. The maximum atomic E-state index is 13.5. The van der Waals surface area contributed by atoms with Gasteiger partial charge in [-0.3, -0.25) is 14.4 Å². The predicted molar refractivity (Wildman–Crippen MR) is 192 cm³/mol. The van der Waals surface area contributed by atoms with Gasteiger partial charge in [-0.2, -0.15) is 0 Å². The summed E-state index contributed by atoms with van der Waals surface area (Å²) in [4.78, 5) is 66.1. The van der Waals surface area contributed by atoms with E-state index in [0.717, 1.165) is 22.3 Å². The van der Waals surface area contributed by atoms with E-state index < -0.39 is 41.6 Å². The molecule has 0 aromatic carbocycles. The van der Waals surface area contributed by atoms with Crippen molar-refractivity contribution in [3.8, 4) is 0 Å². The Morgan fingerprint density at radius 1 is 0.843 bits per heavy atom. The first-order valence-electron chi connectivity index (χ1n) is 16.5. The van der Waals surface area contributed by atoms with Crippen LogP contribution >= 0.6 is 0 Å². The minimum absolute atomic E-state index is 0.111. The van der Waals surface area contributed by atoms with Gasteiger partial charge in [-0.25, -0.2) is 14.8 Å². The zero-order valence-electron chi connectivity index (χ0n) is 28.7. The second kappa shape index (κ2) is 13.1. The van der Waals surface area contributed by atoms with E-state index in [1.807, 2.05) is 32.9 Å². The standard InChI is InChI=1S/C39H38N4O8/c1-6-21-18(2)27-14-32-25-10-7-24(38(50)51)37(33(45)17-44)39(25,5)34(43-32)16-28-20(4)23(9-12-36(48)49)31(42-28)15-30-22(8-11-35(46)47)19(3)26(41-30)13-29(21)40-27/h6-7,10,13-16,37,41,43-44H,1,8-9,11-12,17H2,2-5H3,(H,46,47)(H,48,49)(H,50,51)/t37?,39-/m1/s1. The molecule has 12 heteroatoms. The number of fused-ring (bicyclic) bond motifs is 11. The van der Waals surface area contributed by atoms with E-state index in [9.17, 15) is 39.6 Å². The van der Waals surface area contributed by atoms with Crippen molar-refractivity contribution in [2.75, 3.05) is 6.61 Å². The number of carbonyl (C=O) groups is 4. The Labute approximate surface area is 293 Å². The minimum atomic E-state index is -1.28. The Morgan fingerprint density at radius 2 is 1.49 bits per heavy atom. The summed E-state index contributed by atoms with van der Waals surface area (Å²) >= 11 is 0. The lowest BCUT2D eigenvalue weighted by molar-refractivity contribution is -0.137. The van der Waals surface area contributed by atoms with Gasteiger partial charge in [0.15, 0.2) is 5.78 Å². The van der Waals surface area contributed by atoms with Crippen molar-refractivity contribution in [1.29, 1.82) is 0 Å². The van der Waals surface area contributed by atoms with E-state index in [1.165, 1.54) is 6.08 Å². The number of hydrogen-bond donors (Lipinski definition) is 6. The average Bonchev–Trinajstić information content (AvgIpc) is 3.73. The number of carboxylic acid groups (broad SMARTS) is 3. The van der Waals surface area contributed by atoms with Crippen LogP contribution < -0.4 is 0 Å². The molecule has 0 amide bonds. The number of hydrogen-bond acceptors (Lipinski definition) is 7. The molecule has 51 heavy (non-hydrogen) atoms. The Kier molecular flexibility index (Phi) is 8.98. The fraction of sp³-hybridized carbons (Fsp3) is 0.282. The van der Waals surface area contributed by atoms with Gasteiger partial charge in [0.25, 0.3) is 0 Å². The molecule has 0 saturated carbocycles. The van der Waals surface area contributed by atoms with Crippen molar-refractivity contribution >= 4 is 62.6 Å². The Hall–Kier alpha value is -5.88. The molecular formula is C39H38N4O8. The van der Waals surface area contributed by atoms with E-state index in [0.29, 0.717) is 61.9 Å². The van der Waals surface area contributed by atoms with Gasteiger partial charge in [0.2, 0.25) is 0 Å². The van der Waals surface area contributed by atoms with Crippen molar-refractivity contribution in [3.05, 3.63) is 99.9 Å². The van der Waals surface area contributed by atoms with Crippen LogP contribution in [-0.4, -0.2) is 70.7 Å². The predicted octanol–water partition coefficient (Wildman–Crippen LogP) is 5.82. The van der Waals surface area contributed by atoms with Crippen LogP contribution in [0.15, 0.2) is 54.6 Å². The molecule has 0 saturated heterocycles. The van der Waals surface area contributed by atoms with Crippen LogP contribution in [0.5, 0.6) is 0 Å². The molecule has 3 aliphatic heterocycles. The summed E-state index contributed by atoms with van der Waals surface area (Å²) in [5.41, 5.74) is 8.33. The van der Waals surface area contributed by atoms with Gasteiger partial charge in [0.1, 0.15) is 6.61 Å². The number of aliphatic hydroxyl groups is 1. The molecule has 1 aliphatic carbocycles. The molecule has 1 unspecified atom stereocenters. The lowest BCUT2D eigenvalue weighted by Gasteiger charge is -2.37. The summed E-state index contributed by atoms with van der Waals surface area (Å²) in [6.07, 6.45) is 4.89. The van der Waals surface area contributed by atoms with Gasteiger partial charge in [-0.1, -0.05) is 24.8 Å². The lowest BCUT2D eigenvalue weighted by Crippen LogP contribution is -2.42. The number of Topliss-reactive ketones (excluding diaryl/α,β-unsaturated/α-hetero) is 1. The molecule has 0 spiro atoms. The van der Waals surface area contributed by atoms with E-state index in [2.05, 4.69) is 16.5 Å². The first-order valence-corrected chi connectivity index (χ1v) is 16.5. The van der Waals surface area contributed by atoms with Crippen LogP contribution in [0.4, 0.5) is 0 Å². The highest BCUT2D eigenvalue weighted by Gasteiger charge is 2.51. The van der Waals surface area contributed by atoms with E-state index in [1.54, 1.807) is 31.2 Å². The normalized spacial score (nSPS) is 18.9. The molecule has 2 aromatic heterocycles. The highest BCUT2D eigenvalue weighted by atomic mass is 16.4. The van der Waals surface area contributed by atoms with Gasteiger partial charge in [-0.05, 0) is 98.2 Å². The molecule has 12 nitrogen and oxygen atoms in total. The molecule has 262 valence electrons. The zero-order chi connectivity index (χ0) is 36.9. The number of aromatic amines is 2. The van der Waals surface area contributed by atoms with Gasteiger partial charge < -0.3 is 30.4 Å². The number of aliphatic carboxylic acids is 3. The van der Waals surface area contributed by atoms with Gasteiger partial charge in [0.05, 0.1) is 28.7 Å². The number of aliphatic hydroxyl groups excluding tert-OH is 1. The first kappa shape index (κ1) is 35.0. The van der Waals surface area contributed by atoms with Crippen molar-refractivity contribution in [3.63, 3.8) is 0 Å². The first-order chi connectivity index (χ1) is 24.2. The molecule has 0 fully saturated rings. The third kappa shape index (κ3) is 5.91. The fourth-order valence-electron chi connectivity index (χ4n) is 7.60. The molecule has 2 aromatic rings. The van der Waals surface area contributed by atoms with E-state index in [4.69, 9.17) is 9.97 Å². The summed E-state index contributed by atoms with van der Waals surface area (Å²) < 4.78 is 0. The van der Waals surface area contributed by atoms with E-state index in [-0.39, 0.29) is 31.3 Å². The molecule has 6 N–H and O–H groups in total. The highest BCUT2D eigenvalue weighted by molar-refractivity contribution is 6.04. The number of carboxylic acids is 3. The summed E-state index contributed by atoms with van der Waals surface area (Å²) in [6, 6.07) is 7.26. The number of nitrogens with one attached hydrogen (secondary N) is 2. The summed E-state index contributed by atoms with van der Waals surface area (Å²) in [5, 5.41) is 39.4. The Bertz CT molecular complexity index is 2280. The zero-order valence-corrected chi connectivity index (χ0v) is 28.7.